The summed E-state index contributed by atoms with van der Waals surface area (Å²) in [5.41, 5.74) is 7.79. The molecule has 0 aliphatic carbocycles. The molecule has 0 fully saturated rings. The molecule has 0 aliphatic rings. The SMILES string of the molecule is CC.CCc1cccn2c(=O)c(C)c(N)nc12. The lowest BCUT2D eigenvalue weighted by molar-refractivity contribution is 0.989. The Balaban J connectivity index is 0.000000686. The smallest absolute Gasteiger partial charge is 0.262 e. The molecule has 0 saturated heterocycles. The molecular weight excluding hydrogens is 214 g/mol. The van der Waals surface area contributed by atoms with Gasteiger partial charge in [0.2, 0.25) is 0 Å². The van der Waals surface area contributed by atoms with Gasteiger partial charge in [0.15, 0.2) is 0 Å². The van der Waals surface area contributed by atoms with Gasteiger partial charge in [0, 0.05) is 6.20 Å². The Bertz CT molecular complexity index is 573. The predicted octanol–water partition coefficient (Wildman–Crippen LogP) is 2.17. The average Bonchev–Trinajstić information content (AvgIpc) is 2.38. The second-order valence-electron chi connectivity index (χ2n) is 3.51. The Morgan fingerprint density at radius 1 is 1.41 bits per heavy atom. The lowest BCUT2D eigenvalue weighted by atomic mass is 10.2. The van der Waals surface area contributed by atoms with Crippen LogP contribution in [0.15, 0.2) is 23.1 Å². The first-order chi connectivity index (χ1) is 8.15. The molecule has 0 radical (unpaired) electrons. The molecule has 0 aliphatic heterocycles. The molecule has 2 aromatic rings. The van der Waals surface area contributed by atoms with Crippen LogP contribution in [0.3, 0.4) is 0 Å². The zero-order valence-corrected chi connectivity index (χ0v) is 10.8. The fourth-order valence-corrected chi connectivity index (χ4v) is 1.60. The molecular formula is C13H19N3O. The van der Waals surface area contributed by atoms with Crippen LogP contribution in [0.2, 0.25) is 0 Å². The van der Waals surface area contributed by atoms with Crippen LogP contribution in [0, 0.1) is 6.92 Å². The van der Waals surface area contributed by atoms with Crippen LogP contribution in [0.5, 0.6) is 0 Å². The molecule has 0 saturated carbocycles. The third-order valence-corrected chi connectivity index (χ3v) is 2.58. The minimum atomic E-state index is -0.0900. The Morgan fingerprint density at radius 3 is 2.65 bits per heavy atom. The van der Waals surface area contributed by atoms with Crippen LogP contribution < -0.4 is 11.3 Å². The molecule has 2 N–H and O–H groups in total. The molecule has 0 unspecified atom stereocenters. The van der Waals surface area contributed by atoms with E-state index in [1.54, 1.807) is 17.5 Å². The summed E-state index contributed by atoms with van der Waals surface area (Å²) in [6.45, 7) is 7.72. The third-order valence-electron chi connectivity index (χ3n) is 2.58. The van der Waals surface area contributed by atoms with Crippen molar-refractivity contribution in [1.82, 2.24) is 9.38 Å². The minimum absolute atomic E-state index is 0.0900. The van der Waals surface area contributed by atoms with Crippen molar-refractivity contribution in [2.45, 2.75) is 34.1 Å². The monoisotopic (exact) mass is 233 g/mol. The molecule has 2 heterocycles. The van der Waals surface area contributed by atoms with Crippen LogP contribution in [-0.4, -0.2) is 9.38 Å². The van der Waals surface area contributed by atoms with Crippen LogP contribution in [0.1, 0.15) is 31.9 Å². The van der Waals surface area contributed by atoms with Gasteiger partial charge < -0.3 is 5.73 Å². The van der Waals surface area contributed by atoms with E-state index in [0.29, 0.717) is 17.0 Å². The van der Waals surface area contributed by atoms with E-state index >= 15 is 0 Å². The van der Waals surface area contributed by atoms with Crippen LogP contribution in [0.4, 0.5) is 5.82 Å². The predicted molar refractivity (Wildman–Crippen MR) is 71.3 cm³/mol. The number of aromatic nitrogens is 2. The summed E-state index contributed by atoms with van der Waals surface area (Å²) >= 11 is 0. The van der Waals surface area contributed by atoms with Gasteiger partial charge in [-0.15, -0.1) is 0 Å². The molecule has 4 heteroatoms. The largest absolute Gasteiger partial charge is 0.383 e. The first-order valence-corrected chi connectivity index (χ1v) is 5.91. The van der Waals surface area contributed by atoms with E-state index in [2.05, 4.69) is 4.98 Å². The number of nitrogen functional groups attached to an aromatic ring is 1. The maximum absolute atomic E-state index is 11.9. The lowest BCUT2D eigenvalue weighted by Crippen LogP contribution is -2.20. The fourth-order valence-electron chi connectivity index (χ4n) is 1.60. The van der Waals surface area contributed by atoms with Crippen molar-refractivity contribution in [1.29, 1.82) is 0 Å². The lowest BCUT2D eigenvalue weighted by Gasteiger charge is -2.07. The van der Waals surface area contributed by atoms with E-state index in [1.165, 1.54) is 0 Å². The number of anilines is 1. The fraction of sp³-hybridized carbons (Fsp3) is 0.385. The summed E-state index contributed by atoms with van der Waals surface area (Å²) < 4.78 is 1.55. The average molecular weight is 233 g/mol. The highest BCUT2D eigenvalue weighted by Gasteiger charge is 2.07. The van der Waals surface area contributed by atoms with Gasteiger partial charge in [0.05, 0.1) is 5.56 Å². The van der Waals surface area contributed by atoms with Crippen molar-refractivity contribution >= 4 is 11.5 Å². The van der Waals surface area contributed by atoms with E-state index in [0.717, 1.165) is 12.0 Å². The molecule has 0 bridgehead atoms. The number of nitrogens with zero attached hydrogens (tertiary/aromatic N) is 2. The van der Waals surface area contributed by atoms with Crippen molar-refractivity contribution in [3.63, 3.8) is 0 Å². The van der Waals surface area contributed by atoms with Gasteiger partial charge in [-0.2, -0.15) is 0 Å². The summed E-state index contributed by atoms with van der Waals surface area (Å²) in [7, 11) is 0. The molecule has 17 heavy (non-hydrogen) atoms. The topological polar surface area (TPSA) is 60.4 Å². The van der Waals surface area contributed by atoms with Crippen LogP contribution in [0.25, 0.3) is 5.65 Å². The van der Waals surface area contributed by atoms with Crippen molar-refractivity contribution in [3.8, 4) is 0 Å². The van der Waals surface area contributed by atoms with Gasteiger partial charge in [-0.05, 0) is 25.0 Å². The molecule has 92 valence electrons. The molecule has 2 aromatic heterocycles. The Labute approximate surface area is 101 Å². The minimum Gasteiger partial charge on any atom is -0.383 e. The van der Waals surface area contributed by atoms with Crippen LogP contribution >= 0.6 is 0 Å². The molecule has 0 spiro atoms. The van der Waals surface area contributed by atoms with Crippen LogP contribution in [-0.2, 0) is 6.42 Å². The number of fused-ring (bicyclic) bond motifs is 1. The number of nitrogens with two attached hydrogens (primary N) is 1. The van der Waals surface area contributed by atoms with Gasteiger partial charge in [0.25, 0.3) is 5.56 Å². The maximum atomic E-state index is 11.9. The summed E-state index contributed by atoms with van der Waals surface area (Å²) in [5.74, 6) is 0.320. The Kier molecular flexibility index (Phi) is 4.26. The highest BCUT2D eigenvalue weighted by atomic mass is 16.1. The van der Waals surface area contributed by atoms with E-state index in [1.807, 2.05) is 32.9 Å². The number of hydrogen-bond donors (Lipinski definition) is 1. The molecule has 0 amide bonds. The van der Waals surface area contributed by atoms with Gasteiger partial charge in [0.1, 0.15) is 11.5 Å². The quantitative estimate of drug-likeness (QED) is 0.821. The first-order valence-electron chi connectivity index (χ1n) is 5.91. The van der Waals surface area contributed by atoms with E-state index in [-0.39, 0.29) is 5.56 Å². The summed E-state index contributed by atoms with van der Waals surface area (Å²) in [4.78, 5) is 16.1. The number of rotatable bonds is 1. The molecule has 0 aromatic carbocycles. The zero-order valence-electron chi connectivity index (χ0n) is 10.8. The highest BCUT2D eigenvalue weighted by molar-refractivity contribution is 5.53. The normalized spacial score (nSPS) is 9.88. The summed E-state index contributed by atoms with van der Waals surface area (Å²) in [6, 6.07) is 3.81. The zero-order chi connectivity index (χ0) is 13.0. The number of pyridine rings is 1. The van der Waals surface area contributed by atoms with E-state index < -0.39 is 0 Å². The molecule has 4 nitrogen and oxygen atoms in total. The standard InChI is InChI=1S/C11H13N3O.C2H6/c1-3-8-5-4-6-14-10(8)13-9(12)7(2)11(14)15;1-2/h4-6H,3,12H2,1-2H3;1-2H3. The van der Waals surface area contributed by atoms with E-state index in [4.69, 9.17) is 5.73 Å². The maximum Gasteiger partial charge on any atom is 0.262 e. The summed E-state index contributed by atoms with van der Waals surface area (Å²) in [6.07, 6.45) is 2.55. The van der Waals surface area contributed by atoms with Gasteiger partial charge in [-0.25, -0.2) is 4.98 Å². The number of hydrogen-bond acceptors (Lipinski definition) is 3. The summed E-state index contributed by atoms with van der Waals surface area (Å²) in [5, 5.41) is 0. The van der Waals surface area contributed by atoms with Crippen molar-refractivity contribution in [2.75, 3.05) is 5.73 Å². The Morgan fingerprint density at radius 2 is 2.06 bits per heavy atom. The van der Waals surface area contributed by atoms with Gasteiger partial charge >= 0.3 is 0 Å². The molecule has 0 atom stereocenters. The Hall–Kier alpha value is -1.84. The van der Waals surface area contributed by atoms with Crippen molar-refractivity contribution < 1.29 is 0 Å². The second-order valence-corrected chi connectivity index (χ2v) is 3.51. The van der Waals surface area contributed by atoms with Gasteiger partial charge in [-0.1, -0.05) is 26.8 Å². The first kappa shape index (κ1) is 13.2. The third kappa shape index (κ3) is 2.30. The highest BCUT2D eigenvalue weighted by Crippen LogP contribution is 2.10. The molecule has 2 rings (SSSR count). The van der Waals surface area contributed by atoms with Crippen molar-refractivity contribution in [3.05, 3.63) is 39.8 Å². The van der Waals surface area contributed by atoms with Gasteiger partial charge in [-0.3, -0.25) is 9.20 Å². The number of aryl methyl sites for hydroxylation is 1. The van der Waals surface area contributed by atoms with Crippen molar-refractivity contribution in [2.24, 2.45) is 0 Å². The van der Waals surface area contributed by atoms with E-state index in [9.17, 15) is 4.79 Å². The second kappa shape index (κ2) is 5.48.